The molecule has 1 aliphatic heterocycles. The van der Waals surface area contributed by atoms with Crippen molar-refractivity contribution in [3.63, 3.8) is 0 Å². The quantitative estimate of drug-likeness (QED) is 0.934. The van der Waals surface area contributed by atoms with Crippen LogP contribution in [-0.2, 0) is 0 Å². The minimum Gasteiger partial charge on any atom is -0.496 e. The lowest BCUT2D eigenvalue weighted by Gasteiger charge is -2.39. The first kappa shape index (κ1) is 14.6. The number of likely N-dealkylation sites (tertiary alicyclic amines) is 1. The standard InChI is InChI=1S/C15H15ClN4O2/c1-22-13-4-3-10(16)7-12(13)14(21)20-8-11(9-20)19-15-17-5-2-6-18-15/h2-7,11H,8-9H2,1H3,(H,17,18,19). The van der Waals surface area contributed by atoms with E-state index in [9.17, 15) is 4.79 Å². The Balaban J connectivity index is 1.63. The predicted octanol–water partition coefficient (Wildman–Crippen LogP) is 2.08. The Morgan fingerprint density at radius 2 is 2.09 bits per heavy atom. The van der Waals surface area contributed by atoms with Gasteiger partial charge in [0.25, 0.3) is 5.91 Å². The summed E-state index contributed by atoms with van der Waals surface area (Å²) in [7, 11) is 1.53. The zero-order valence-corrected chi connectivity index (χ0v) is 12.7. The molecular formula is C15H15ClN4O2. The van der Waals surface area contributed by atoms with Gasteiger partial charge < -0.3 is 15.0 Å². The lowest BCUT2D eigenvalue weighted by Crippen LogP contribution is -2.57. The van der Waals surface area contributed by atoms with Crippen LogP contribution in [-0.4, -0.2) is 47.0 Å². The molecule has 114 valence electrons. The van der Waals surface area contributed by atoms with E-state index in [0.717, 1.165) is 0 Å². The number of anilines is 1. The largest absolute Gasteiger partial charge is 0.496 e. The second-order valence-electron chi connectivity index (χ2n) is 4.97. The molecule has 0 spiro atoms. The molecule has 1 aromatic carbocycles. The van der Waals surface area contributed by atoms with Crippen molar-refractivity contribution in [2.45, 2.75) is 6.04 Å². The average molecular weight is 319 g/mol. The number of nitrogens with zero attached hydrogens (tertiary/aromatic N) is 3. The summed E-state index contributed by atoms with van der Waals surface area (Å²) in [6, 6.07) is 6.93. The van der Waals surface area contributed by atoms with Crippen molar-refractivity contribution in [2.75, 3.05) is 25.5 Å². The van der Waals surface area contributed by atoms with Gasteiger partial charge in [-0.2, -0.15) is 0 Å². The SMILES string of the molecule is COc1ccc(Cl)cc1C(=O)N1CC(Nc2ncccn2)C1. The fourth-order valence-electron chi connectivity index (χ4n) is 2.31. The molecular weight excluding hydrogens is 304 g/mol. The zero-order chi connectivity index (χ0) is 15.5. The van der Waals surface area contributed by atoms with Gasteiger partial charge >= 0.3 is 0 Å². The highest BCUT2D eigenvalue weighted by Crippen LogP contribution is 2.26. The molecule has 7 heteroatoms. The van der Waals surface area contributed by atoms with Crippen LogP contribution in [0.5, 0.6) is 5.75 Å². The van der Waals surface area contributed by atoms with Gasteiger partial charge in [-0.1, -0.05) is 11.6 Å². The van der Waals surface area contributed by atoms with Gasteiger partial charge in [0.05, 0.1) is 18.7 Å². The molecule has 1 aromatic heterocycles. The van der Waals surface area contributed by atoms with E-state index in [-0.39, 0.29) is 11.9 Å². The maximum atomic E-state index is 12.5. The Hall–Kier alpha value is -2.34. The molecule has 2 heterocycles. The van der Waals surface area contributed by atoms with Crippen LogP contribution < -0.4 is 10.1 Å². The third-order valence-electron chi connectivity index (χ3n) is 3.46. The number of methoxy groups -OCH3 is 1. The normalized spacial score (nSPS) is 14.4. The number of hydrogen-bond acceptors (Lipinski definition) is 5. The third-order valence-corrected chi connectivity index (χ3v) is 3.69. The van der Waals surface area contributed by atoms with E-state index in [0.29, 0.717) is 35.4 Å². The number of amides is 1. The first-order chi connectivity index (χ1) is 10.7. The Morgan fingerprint density at radius 3 is 2.77 bits per heavy atom. The molecule has 6 nitrogen and oxygen atoms in total. The van der Waals surface area contributed by atoms with E-state index in [4.69, 9.17) is 16.3 Å². The molecule has 3 rings (SSSR count). The molecule has 0 radical (unpaired) electrons. The molecule has 22 heavy (non-hydrogen) atoms. The van der Waals surface area contributed by atoms with E-state index in [1.54, 1.807) is 41.6 Å². The number of nitrogens with one attached hydrogen (secondary N) is 1. The van der Waals surface area contributed by atoms with Crippen LogP contribution in [0.4, 0.5) is 5.95 Å². The third kappa shape index (κ3) is 2.96. The number of carbonyl (C=O) groups excluding carboxylic acids is 1. The first-order valence-corrected chi connectivity index (χ1v) is 7.21. The molecule has 1 aliphatic rings. The Kier molecular flexibility index (Phi) is 4.11. The number of rotatable bonds is 4. The summed E-state index contributed by atoms with van der Waals surface area (Å²) in [4.78, 5) is 22.4. The van der Waals surface area contributed by atoms with E-state index in [1.807, 2.05) is 0 Å². The lowest BCUT2D eigenvalue weighted by molar-refractivity contribution is 0.0621. The Labute approximate surface area is 133 Å². The summed E-state index contributed by atoms with van der Waals surface area (Å²) < 4.78 is 5.22. The monoisotopic (exact) mass is 318 g/mol. The van der Waals surface area contributed by atoms with E-state index >= 15 is 0 Å². The Morgan fingerprint density at radius 1 is 1.36 bits per heavy atom. The minimum atomic E-state index is -0.0913. The van der Waals surface area contributed by atoms with Crippen molar-refractivity contribution in [1.29, 1.82) is 0 Å². The molecule has 0 atom stereocenters. The summed E-state index contributed by atoms with van der Waals surface area (Å²) >= 11 is 5.96. The summed E-state index contributed by atoms with van der Waals surface area (Å²) in [6.45, 7) is 1.18. The maximum absolute atomic E-state index is 12.5. The average Bonchev–Trinajstić information content (AvgIpc) is 2.51. The number of halogens is 1. The summed E-state index contributed by atoms with van der Waals surface area (Å²) in [5.41, 5.74) is 0.476. The Bertz CT molecular complexity index is 674. The number of ether oxygens (including phenoxy) is 1. The second-order valence-corrected chi connectivity index (χ2v) is 5.40. The molecule has 1 saturated heterocycles. The second kappa shape index (κ2) is 6.19. The van der Waals surface area contributed by atoms with Crippen molar-refractivity contribution >= 4 is 23.5 Å². The van der Waals surface area contributed by atoms with Crippen molar-refractivity contribution < 1.29 is 9.53 Å². The number of hydrogen-bond donors (Lipinski definition) is 1. The molecule has 0 unspecified atom stereocenters. The number of benzene rings is 1. The highest BCUT2D eigenvalue weighted by molar-refractivity contribution is 6.31. The molecule has 1 amide bonds. The van der Waals surface area contributed by atoms with Crippen LogP contribution in [0, 0.1) is 0 Å². The number of aromatic nitrogens is 2. The van der Waals surface area contributed by atoms with Crippen LogP contribution in [0.25, 0.3) is 0 Å². The minimum absolute atomic E-state index is 0.0913. The fourth-order valence-corrected chi connectivity index (χ4v) is 2.48. The van der Waals surface area contributed by atoms with Crippen molar-refractivity contribution in [3.8, 4) is 5.75 Å². The van der Waals surface area contributed by atoms with E-state index < -0.39 is 0 Å². The van der Waals surface area contributed by atoms with Crippen LogP contribution in [0.3, 0.4) is 0 Å². The van der Waals surface area contributed by atoms with Crippen molar-refractivity contribution in [2.24, 2.45) is 0 Å². The zero-order valence-electron chi connectivity index (χ0n) is 12.0. The molecule has 1 fully saturated rings. The topological polar surface area (TPSA) is 67.3 Å². The molecule has 0 aliphatic carbocycles. The summed E-state index contributed by atoms with van der Waals surface area (Å²) in [5.74, 6) is 1.00. The number of carbonyl (C=O) groups is 1. The molecule has 0 bridgehead atoms. The first-order valence-electron chi connectivity index (χ1n) is 6.84. The van der Waals surface area contributed by atoms with Crippen LogP contribution in [0.2, 0.25) is 5.02 Å². The molecule has 1 N–H and O–H groups in total. The fraction of sp³-hybridized carbons (Fsp3) is 0.267. The van der Waals surface area contributed by atoms with Gasteiger partial charge in [0.15, 0.2) is 0 Å². The van der Waals surface area contributed by atoms with Gasteiger partial charge in [-0.25, -0.2) is 9.97 Å². The molecule has 2 aromatic rings. The maximum Gasteiger partial charge on any atom is 0.257 e. The van der Waals surface area contributed by atoms with Gasteiger partial charge in [-0.15, -0.1) is 0 Å². The van der Waals surface area contributed by atoms with Crippen molar-refractivity contribution in [3.05, 3.63) is 47.2 Å². The van der Waals surface area contributed by atoms with E-state index in [2.05, 4.69) is 15.3 Å². The van der Waals surface area contributed by atoms with Gasteiger partial charge in [-0.05, 0) is 24.3 Å². The van der Waals surface area contributed by atoms with Crippen LogP contribution in [0.15, 0.2) is 36.7 Å². The predicted molar refractivity (Wildman–Crippen MR) is 83.4 cm³/mol. The summed E-state index contributed by atoms with van der Waals surface area (Å²) in [5, 5.41) is 3.69. The van der Waals surface area contributed by atoms with E-state index in [1.165, 1.54) is 7.11 Å². The van der Waals surface area contributed by atoms with Gasteiger partial charge in [0, 0.05) is 30.5 Å². The van der Waals surface area contributed by atoms with Gasteiger partial charge in [-0.3, -0.25) is 4.79 Å². The smallest absolute Gasteiger partial charge is 0.257 e. The van der Waals surface area contributed by atoms with Crippen LogP contribution >= 0.6 is 11.6 Å². The molecule has 0 saturated carbocycles. The highest BCUT2D eigenvalue weighted by atomic mass is 35.5. The van der Waals surface area contributed by atoms with Crippen molar-refractivity contribution in [1.82, 2.24) is 14.9 Å². The van der Waals surface area contributed by atoms with Crippen LogP contribution in [0.1, 0.15) is 10.4 Å². The lowest BCUT2D eigenvalue weighted by atomic mass is 10.1. The van der Waals surface area contributed by atoms with Gasteiger partial charge in [0.2, 0.25) is 5.95 Å². The highest BCUT2D eigenvalue weighted by Gasteiger charge is 2.32. The van der Waals surface area contributed by atoms with Gasteiger partial charge in [0.1, 0.15) is 5.75 Å². The summed E-state index contributed by atoms with van der Waals surface area (Å²) in [6.07, 6.45) is 3.35.